The van der Waals surface area contributed by atoms with E-state index in [9.17, 15) is 0 Å². The van der Waals surface area contributed by atoms with E-state index < -0.39 is 0 Å². The normalized spacial score (nSPS) is 17.1. The summed E-state index contributed by atoms with van der Waals surface area (Å²) >= 11 is 0. The van der Waals surface area contributed by atoms with E-state index in [1.54, 1.807) is 7.11 Å². The van der Waals surface area contributed by atoms with Crippen molar-refractivity contribution in [3.63, 3.8) is 0 Å². The summed E-state index contributed by atoms with van der Waals surface area (Å²) in [5.74, 6) is 1.43. The van der Waals surface area contributed by atoms with Gasteiger partial charge >= 0.3 is 0 Å². The molecule has 0 spiro atoms. The van der Waals surface area contributed by atoms with Gasteiger partial charge < -0.3 is 4.74 Å². The van der Waals surface area contributed by atoms with E-state index in [1.807, 2.05) is 12.1 Å². The molecular formula is C10H13NO. The molecule has 0 amide bonds. The Labute approximate surface area is 72.6 Å². The zero-order valence-corrected chi connectivity index (χ0v) is 7.29. The Kier molecular flexibility index (Phi) is 1.98. The zero-order valence-electron chi connectivity index (χ0n) is 7.29. The van der Waals surface area contributed by atoms with E-state index in [1.165, 1.54) is 25.0 Å². The lowest BCUT2D eigenvalue weighted by Crippen LogP contribution is -2.10. The Hall–Kier alpha value is -1.05. The Morgan fingerprint density at radius 1 is 1.42 bits per heavy atom. The number of nitrogens with zero attached hydrogens (tertiary/aromatic N) is 1. The van der Waals surface area contributed by atoms with E-state index in [2.05, 4.69) is 11.1 Å². The quantitative estimate of drug-likeness (QED) is 0.667. The average Bonchev–Trinajstić information content (AvgIpc) is 2.02. The molecule has 64 valence electrons. The van der Waals surface area contributed by atoms with Crippen molar-refractivity contribution in [1.29, 1.82) is 0 Å². The number of rotatable bonds is 2. The molecule has 0 aromatic carbocycles. The third-order valence-corrected chi connectivity index (χ3v) is 2.48. The molecule has 1 fully saturated rings. The lowest BCUT2D eigenvalue weighted by atomic mass is 9.83. The highest BCUT2D eigenvalue weighted by molar-refractivity contribution is 5.19. The summed E-state index contributed by atoms with van der Waals surface area (Å²) in [7, 11) is 1.66. The minimum absolute atomic E-state index is 0.695. The first-order chi connectivity index (χ1) is 5.90. The lowest BCUT2D eigenvalue weighted by Gasteiger charge is -2.24. The molecule has 0 N–H and O–H groups in total. The summed E-state index contributed by atoms with van der Waals surface area (Å²) in [4.78, 5) is 4.39. The Morgan fingerprint density at radius 2 is 2.25 bits per heavy atom. The Morgan fingerprint density at radius 3 is 2.83 bits per heavy atom. The number of pyridine rings is 1. The van der Waals surface area contributed by atoms with Gasteiger partial charge in [0, 0.05) is 17.7 Å². The predicted octanol–water partition coefficient (Wildman–Crippen LogP) is 2.36. The summed E-state index contributed by atoms with van der Waals surface area (Å²) in [6.07, 6.45) is 3.93. The first-order valence-corrected chi connectivity index (χ1v) is 4.41. The van der Waals surface area contributed by atoms with Crippen molar-refractivity contribution in [1.82, 2.24) is 4.98 Å². The van der Waals surface area contributed by atoms with Crippen LogP contribution in [-0.2, 0) is 0 Å². The number of aromatic nitrogens is 1. The molecule has 0 bridgehead atoms. The highest BCUT2D eigenvalue weighted by atomic mass is 16.5. The van der Waals surface area contributed by atoms with Crippen LogP contribution in [0.4, 0.5) is 0 Å². The summed E-state index contributed by atoms with van der Waals surface area (Å²) in [6, 6.07) is 5.99. The summed E-state index contributed by atoms with van der Waals surface area (Å²) in [5.41, 5.74) is 1.20. The van der Waals surface area contributed by atoms with Crippen LogP contribution in [0.3, 0.4) is 0 Å². The fraction of sp³-hybridized carbons (Fsp3) is 0.500. The van der Waals surface area contributed by atoms with Crippen LogP contribution in [0.15, 0.2) is 18.2 Å². The van der Waals surface area contributed by atoms with Crippen molar-refractivity contribution >= 4 is 0 Å². The summed E-state index contributed by atoms with van der Waals surface area (Å²) in [5, 5.41) is 0. The topological polar surface area (TPSA) is 22.1 Å². The molecule has 0 unspecified atom stereocenters. The Balaban J connectivity index is 2.19. The van der Waals surface area contributed by atoms with Crippen LogP contribution >= 0.6 is 0 Å². The molecule has 0 saturated heterocycles. The highest BCUT2D eigenvalue weighted by Crippen LogP contribution is 2.35. The minimum atomic E-state index is 0.695. The smallest absolute Gasteiger partial charge is 0.213 e. The third-order valence-electron chi connectivity index (χ3n) is 2.48. The summed E-state index contributed by atoms with van der Waals surface area (Å²) < 4.78 is 5.06. The molecule has 1 heterocycles. The molecule has 0 radical (unpaired) electrons. The molecule has 2 rings (SSSR count). The number of hydrogen-bond acceptors (Lipinski definition) is 2. The first-order valence-electron chi connectivity index (χ1n) is 4.41. The van der Waals surface area contributed by atoms with Crippen LogP contribution in [0.2, 0.25) is 0 Å². The van der Waals surface area contributed by atoms with Gasteiger partial charge in [0.2, 0.25) is 5.88 Å². The molecule has 1 aliphatic rings. The van der Waals surface area contributed by atoms with Gasteiger partial charge in [-0.3, -0.25) is 0 Å². The van der Waals surface area contributed by atoms with Crippen LogP contribution in [0.25, 0.3) is 0 Å². The van der Waals surface area contributed by atoms with Crippen molar-refractivity contribution in [2.75, 3.05) is 7.11 Å². The molecular weight excluding hydrogens is 150 g/mol. The molecule has 1 aliphatic carbocycles. The Bertz CT molecular complexity index is 268. The maximum absolute atomic E-state index is 5.06. The molecule has 1 saturated carbocycles. The van der Waals surface area contributed by atoms with E-state index in [0.717, 1.165) is 5.88 Å². The van der Waals surface area contributed by atoms with Crippen LogP contribution in [-0.4, -0.2) is 12.1 Å². The van der Waals surface area contributed by atoms with Crippen LogP contribution in [0.5, 0.6) is 5.88 Å². The molecule has 0 atom stereocenters. The largest absolute Gasteiger partial charge is 0.481 e. The number of hydrogen-bond donors (Lipinski definition) is 0. The number of ether oxygens (including phenoxy) is 1. The molecule has 2 nitrogen and oxygen atoms in total. The highest BCUT2D eigenvalue weighted by Gasteiger charge is 2.20. The van der Waals surface area contributed by atoms with Crippen molar-refractivity contribution < 1.29 is 4.74 Å². The fourth-order valence-corrected chi connectivity index (χ4v) is 1.48. The van der Waals surface area contributed by atoms with Gasteiger partial charge in [-0.1, -0.05) is 12.5 Å². The fourth-order valence-electron chi connectivity index (χ4n) is 1.48. The van der Waals surface area contributed by atoms with Gasteiger partial charge in [0.25, 0.3) is 0 Å². The van der Waals surface area contributed by atoms with Crippen molar-refractivity contribution in [2.45, 2.75) is 25.2 Å². The first kappa shape index (κ1) is 7.59. The van der Waals surface area contributed by atoms with Gasteiger partial charge in [-0.05, 0) is 18.9 Å². The second kappa shape index (κ2) is 3.13. The predicted molar refractivity (Wildman–Crippen MR) is 47.4 cm³/mol. The van der Waals surface area contributed by atoms with E-state index in [4.69, 9.17) is 4.74 Å². The molecule has 0 aliphatic heterocycles. The minimum Gasteiger partial charge on any atom is -0.481 e. The molecule has 1 aromatic rings. The van der Waals surface area contributed by atoms with E-state index in [-0.39, 0.29) is 0 Å². The van der Waals surface area contributed by atoms with Gasteiger partial charge in [0.1, 0.15) is 0 Å². The van der Waals surface area contributed by atoms with E-state index in [0.29, 0.717) is 5.92 Å². The summed E-state index contributed by atoms with van der Waals surface area (Å²) in [6.45, 7) is 0. The van der Waals surface area contributed by atoms with Gasteiger partial charge in [-0.25, -0.2) is 4.98 Å². The standard InChI is InChI=1S/C10H13NO/c1-12-10-7-3-6-9(11-10)8-4-2-5-8/h3,6-8H,2,4-5H2,1H3. The molecule has 12 heavy (non-hydrogen) atoms. The van der Waals surface area contributed by atoms with Gasteiger partial charge in [0.15, 0.2) is 0 Å². The van der Waals surface area contributed by atoms with Gasteiger partial charge in [0.05, 0.1) is 7.11 Å². The van der Waals surface area contributed by atoms with Gasteiger partial charge in [-0.2, -0.15) is 0 Å². The van der Waals surface area contributed by atoms with Crippen LogP contribution < -0.4 is 4.74 Å². The second-order valence-electron chi connectivity index (χ2n) is 3.23. The molecule has 2 heteroatoms. The van der Waals surface area contributed by atoms with Crippen molar-refractivity contribution in [3.8, 4) is 5.88 Å². The monoisotopic (exact) mass is 163 g/mol. The van der Waals surface area contributed by atoms with Crippen molar-refractivity contribution in [3.05, 3.63) is 23.9 Å². The zero-order chi connectivity index (χ0) is 8.39. The van der Waals surface area contributed by atoms with Gasteiger partial charge in [-0.15, -0.1) is 0 Å². The van der Waals surface area contributed by atoms with E-state index >= 15 is 0 Å². The van der Waals surface area contributed by atoms with Crippen LogP contribution in [0, 0.1) is 0 Å². The average molecular weight is 163 g/mol. The second-order valence-corrected chi connectivity index (χ2v) is 3.23. The SMILES string of the molecule is COc1cccc(C2CCC2)n1. The van der Waals surface area contributed by atoms with Crippen molar-refractivity contribution in [2.24, 2.45) is 0 Å². The maximum Gasteiger partial charge on any atom is 0.213 e. The third kappa shape index (κ3) is 1.29. The molecule has 1 aromatic heterocycles. The van der Waals surface area contributed by atoms with Crippen LogP contribution in [0.1, 0.15) is 30.9 Å². The number of methoxy groups -OCH3 is 1. The maximum atomic E-state index is 5.06. The lowest BCUT2D eigenvalue weighted by molar-refractivity contribution is 0.379.